The van der Waals surface area contributed by atoms with Gasteiger partial charge in [-0.15, -0.1) is 0 Å². The van der Waals surface area contributed by atoms with Gasteiger partial charge in [-0.25, -0.2) is 0 Å². The predicted octanol–water partition coefficient (Wildman–Crippen LogP) is 1.72. The van der Waals surface area contributed by atoms with Crippen molar-refractivity contribution in [3.63, 3.8) is 0 Å². The molecule has 0 spiro atoms. The molecule has 0 unspecified atom stereocenters. The minimum Gasteiger partial charge on any atom is -0.394 e. The number of hydrogen-bond acceptors (Lipinski definition) is 6. The van der Waals surface area contributed by atoms with Gasteiger partial charge in [0.15, 0.2) is 6.29 Å². The van der Waals surface area contributed by atoms with Crippen LogP contribution >= 0.6 is 0 Å². The average Bonchev–Trinajstić information content (AvgIpc) is 2.59. The molecule has 1 saturated heterocycles. The minimum atomic E-state index is -1.49. The molecule has 0 bridgehead atoms. The second kappa shape index (κ2) is 13.0. The number of aliphatic hydroxyl groups is 4. The fraction of sp³-hybridized carbons (Fsp3) is 1.00. The van der Waals surface area contributed by atoms with Gasteiger partial charge in [0.1, 0.15) is 24.4 Å². The summed E-state index contributed by atoms with van der Waals surface area (Å²) < 4.78 is 10.6. The Labute approximate surface area is 145 Å². The zero-order valence-electron chi connectivity index (χ0n) is 15.0. The molecule has 1 fully saturated rings. The fourth-order valence-corrected chi connectivity index (χ4v) is 3.08. The quantitative estimate of drug-likeness (QED) is 0.378. The summed E-state index contributed by atoms with van der Waals surface area (Å²) in [6, 6.07) is 0. The van der Waals surface area contributed by atoms with E-state index in [-0.39, 0.29) is 6.61 Å². The molecule has 5 atom stereocenters. The van der Waals surface area contributed by atoms with Crippen molar-refractivity contribution in [2.45, 2.75) is 102 Å². The molecule has 4 N–H and O–H groups in total. The van der Waals surface area contributed by atoms with E-state index in [0.29, 0.717) is 6.61 Å². The minimum absolute atomic E-state index is 0.371. The standard InChI is InChI=1S/C18H36O6/c1-2-3-4-5-6-7-8-9-10-11-12-23-17-14(13-19)24-18(22)16(21)15(17)20/h14-22H,2-13H2,1H3/t14-,15-,16+,17-,18+/m1/s1. The summed E-state index contributed by atoms with van der Waals surface area (Å²) in [7, 11) is 0. The second-order valence-electron chi connectivity index (χ2n) is 6.75. The summed E-state index contributed by atoms with van der Waals surface area (Å²) >= 11 is 0. The van der Waals surface area contributed by atoms with Crippen molar-refractivity contribution in [2.24, 2.45) is 0 Å². The first-order valence-corrected chi connectivity index (χ1v) is 9.54. The zero-order valence-corrected chi connectivity index (χ0v) is 15.0. The largest absolute Gasteiger partial charge is 0.394 e. The van der Waals surface area contributed by atoms with Crippen LogP contribution in [0.1, 0.15) is 71.1 Å². The van der Waals surface area contributed by atoms with Crippen LogP contribution in [0.25, 0.3) is 0 Å². The van der Waals surface area contributed by atoms with Gasteiger partial charge in [0.2, 0.25) is 0 Å². The van der Waals surface area contributed by atoms with E-state index in [1.165, 1.54) is 51.4 Å². The molecule has 6 nitrogen and oxygen atoms in total. The first-order valence-electron chi connectivity index (χ1n) is 9.54. The molecule has 0 aromatic rings. The highest BCUT2D eigenvalue weighted by atomic mass is 16.6. The Kier molecular flexibility index (Phi) is 11.8. The van der Waals surface area contributed by atoms with Crippen LogP contribution in [0.5, 0.6) is 0 Å². The van der Waals surface area contributed by atoms with Crippen LogP contribution in [0.3, 0.4) is 0 Å². The van der Waals surface area contributed by atoms with Crippen LogP contribution in [0.2, 0.25) is 0 Å². The second-order valence-corrected chi connectivity index (χ2v) is 6.75. The number of aliphatic hydroxyl groups excluding tert-OH is 4. The first-order chi connectivity index (χ1) is 11.6. The summed E-state index contributed by atoms with van der Waals surface area (Å²) in [5, 5.41) is 38.2. The molecular formula is C18H36O6. The van der Waals surface area contributed by atoms with E-state index in [2.05, 4.69) is 6.92 Å². The molecule has 1 aliphatic rings. The van der Waals surface area contributed by atoms with E-state index in [4.69, 9.17) is 9.47 Å². The van der Waals surface area contributed by atoms with Crippen LogP contribution in [0.4, 0.5) is 0 Å². The van der Waals surface area contributed by atoms with Gasteiger partial charge in [-0.1, -0.05) is 64.7 Å². The molecule has 1 heterocycles. The lowest BCUT2D eigenvalue weighted by Crippen LogP contribution is -2.59. The van der Waals surface area contributed by atoms with Crippen molar-refractivity contribution < 1.29 is 29.9 Å². The summed E-state index contributed by atoms with van der Waals surface area (Å²) in [6.07, 6.45) is 6.48. The number of hydrogen-bond donors (Lipinski definition) is 4. The van der Waals surface area contributed by atoms with Crippen LogP contribution < -0.4 is 0 Å². The van der Waals surface area contributed by atoms with Gasteiger partial charge in [0.05, 0.1) is 6.61 Å². The lowest BCUT2D eigenvalue weighted by atomic mass is 9.99. The van der Waals surface area contributed by atoms with E-state index >= 15 is 0 Å². The van der Waals surface area contributed by atoms with E-state index in [1.54, 1.807) is 0 Å². The van der Waals surface area contributed by atoms with Crippen molar-refractivity contribution in [3.05, 3.63) is 0 Å². The number of unbranched alkanes of at least 4 members (excludes halogenated alkanes) is 9. The smallest absolute Gasteiger partial charge is 0.184 e. The molecule has 1 rings (SSSR count). The van der Waals surface area contributed by atoms with E-state index in [1.807, 2.05) is 0 Å². The predicted molar refractivity (Wildman–Crippen MR) is 91.6 cm³/mol. The molecular weight excluding hydrogens is 312 g/mol. The maximum atomic E-state index is 9.94. The highest BCUT2D eigenvalue weighted by Gasteiger charge is 2.44. The van der Waals surface area contributed by atoms with E-state index in [9.17, 15) is 20.4 Å². The lowest BCUT2D eigenvalue weighted by Gasteiger charge is -2.40. The van der Waals surface area contributed by atoms with Gasteiger partial charge in [0, 0.05) is 6.61 Å². The van der Waals surface area contributed by atoms with E-state index in [0.717, 1.165) is 12.8 Å². The third-order valence-electron chi connectivity index (χ3n) is 4.65. The Hall–Kier alpha value is -0.240. The molecule has 0 saturated carbocycles. The molecule has 0 aliphatic carbocycles. The monoisotopic (exact) mass is 348 g/mol. The van der Waals surface area contributed by atoms with Crippen LogP contribution in [-0.2, 0) is 9.47 Å². The van der Waals surface area contributed by atoms with Gasteiger partial charge >= 0.3 is 0 Å². The first kappa shape index (κ1) is 21.8. The molecule has 24 heavy (non-hydrogen) atoms. The highest BCUT2D eigenvalue weighted by molar-refractivity contribution is 4.89. The van der Waals surface area contributed by atoms with Crippen LogP contribution in [0, 0.1) is 0 Å². The van der Waals surface area contributed by atoms with Crippen molar-refractivity contribution in [3.8, 4) is 0 Å². The summed E-state index contributed by atoms with van der Waals surface area (Å²) in [5.41, 5.74) is 0. The van der Waals surface area contributed by atoms with Crippen molar-refractivity contribution in [1.82, 2.24) is 0 Å². The highest BCUT2D eigenvalue weighted by Crippen LogP contribution is 2.22. The lowest BCUT2D eigenvalue weighted by molar-refractivity contribution is -0.294. The Bertz CT molecular complexity index is 299. The van der Waals surface area contributed by atoms with Crippen LogP contribution in [-0.4, -0.2) is 64.3 Å². The summed E-state index contributed by atoms with van der Waals surface area (Å²) in [4.78, 5) is 0. The van der Waals surface area contributed by atoms with E-state index < -0.39 is 30.7 Å². The molecule has 6 heteroatoms. The van der Waals surface area contributed by atoms with Gasteiger partial charge in [-0.05, 0) is 6.42 Å². The number of rotatable bonds is 13. The maximum absolute atomic E-state index is 9.94. The molecule has 0 amide bonds. The number of ether oxygens (including phenoxy) is 2. The Morgan fingerprint density at radius 2 is 1.33 bits per heavy atom. The molecule has 0 aromatic heterocycles. The SMILES string of the molecule is CCCCCCCCCCCCO[C@H]1[C@H](O)[C@H](O)[C@@H](O)O[C@@H]1CO. The van der Waals surface area contributed by atoms with Crippen molar-refractivity contribution in [1.29, 1.82) is 0 Å². The molecule has 144 valence electrons. The fourth-order valence-electron chi connectivity index (χ4n) is 3.08. The Morgan fingerprint density at radius 1 is 0.792 bits per heavy atom. The van der Waals surface area contributed by atoms with Gasteiger partial charge in [-0.3, -0.25) is 0 Å². The third-order valence-corrected chi connectivity index (χ3v) is 4.65. The summed E-state index contributed by atoms with van der Waals surface area (Å²) in [5.74, 6) is 0. The van der Waals surface area contributed by atoms with Gasteiger partial charge < -0.3 is 29.9 Å². The molecule has 0 radical (unpaired) electrons. The zero-order chi connectivity index (χ0) is 17.8. The third kappa shape index (κ3) is 7.76. The van der Waals surface area contributed by atoms with Crippen LogP contribution in [0.15, 0.2) is 0 Å². The van der Waals surface area contributed by atoms with Gasteiger partial charge in [-0.2, -0.15) is 0 Å². The topological polar surface area (TPSA) is 99.4 Å². The molecule has 0 aromatic carbocycles. The molecule has 1 aliphatic heterocycles. The summed E-state index contributed by atoms with van der Waals surface area (Å²) in [6.45, 7) is 2.30. The van der Waals surface area contributed by atoms with Crippen molar-refractivity contribution >= 4 is 0 Å². The normalized spacial score (nSPS) is 30.6. The van der Waals surface area contributed by atoms with Crippen molar-refractivity contribution in [2.75, 3.05) is 13.2 Å². The Morgan fingerprint density at radius 3 is 1.88 bits per heavy atom. The maximum Gasteiger partial charge on any atom is 0.184 e. The Balaban J connectivity index is 2.05. The van der Waals surface area contributed by atoms with Gasteiger partial charge in [0.25, 0.3) is 0 Å². The average molecular weight is 348 g/mol.